The second-order valence-corrected chi connectivity index (χ2v) is 8.51. The fourth-order valence-electron chi connectivity index (χ4n) is 4.28. The van der Waals surface area contributed by atoms with Crippen LogP contribution >= 0.6 is 11.3 Å². The number of anilines is 1. The SMILES string of the molecule is COc1ccc(OC)c2c1CN(c1ncnc3scc(-c4ccc(C)cc4)c13)C[C@@H]2O. The Labute approximate surface area is 184 Å². The highest BCUT2D eigenvalue weighted by Crippen LogP contribution is 2.43. The second kappa shape index (κ2) is 7.83. The molecule has 0 unspecified atom stereocenters. The van der Waals surface area contributed by atoms with Crippen molar-refractivity contribution in [2.45, 2.75) is 19.6 Å². The normalized spacial score (nSPS) is 15.7. The Hall–Kier alpha value is -3.16. The molecular formula is C24H23N3O3S. The molecule has 1 N–H and O–H groups in total. The van der Waals surface area contributed by atoms with E-state index in [2.05, 4.69) is 51.4 Å². The Morgan fingerprint density at radius 2 is 1.77 bits per heavy atom. The molecule has 0 saturated heterocycles. The van der Waals surface area contributed by atoms with Gasteiger partial charge in [0.2, 0.25) is 0 Å². The zero-order chi connectivity index (χ0) is 21.5. The molecule has 0 spiro atoms. The Balaban J connectivity index is 1.64. The van der Waals surface area contributed by atoms with Crippen LogP contribution in [0, 0.1) is 6.92 Å². The van der Waals surface area contributed by atoms with Crippen LogP contribution in [0.1, 0.15) is 22.8 Å². The lowest BCUT2D eigenvalue weighted by Gasteiger charge is -2.35. The van der Waals surface area contributed by atoms with Gasteiger partial charge in [-0.3, -0.25) is 0 Å². The molecule has 0 saturated carbocycles. The van der Waals surface area contributed by atoms with Gasteiger partial charge in [0, 0.05) is 28.6 Å². The fraction of sp³-hybridized carbons (Fsp3) is 0.250. The molecule has 0 fully saturated rings. The van der Waals surface area contributed by atoms with Crippen LogP contribution in [0.3, 0.4) is 0 Å². The molecule has 0 amide bonds. The maximum absolute atomic E-state index is 11.0. The minimum absolute atomic E-state index is 0.409. The van der Waals surface area contributed by atoms with Crippen LogP contribution in [0.15, 0.2) is 48.1 Å². The van der Waals surface area contributed by atoms with Crippen molar-refractivity contribution in [3.8, 4) is 22.6 Å². The molecule has 0 aliphatic carbocycles. The first-order valence-corrected chi connectivity index (χ1v) is 10.9. The van der Waals surface area contributed by atoms with Crippen molar-refractivity contribution in [1.29, 1.82) is 0 Å². The van der Waals surface area contributed by atoms with Crippen molar-refractivity contribution in [2.75, 3.05) is 25.7 Å². The first kappa shape index (κ1) is 19.8. The third-order valence-corrected chi connectivity index (χ3v) is 6.69. The molecule has 158 valence electrons. The summed E-state index contributed by atoms with van der Waals surface area (Å²) in [5.74, 6) is 2.22. The summed E-state index contributed by atoms with van der Waals surface area (Å²) in [7, 11) is 3.26. The Kier molecular flexibility index (Phi) is 5.00. The minimum atomic E-state index is -0.722. The van der Waals surface area contributed by atoms with E-state index < -0.39 is 6.10 Å². The van der Waals surface area contributed by atoms with E-state index in [1.54, 1.807) is 31.9 Å². The van der Waals surface area contributed by atoms with Gasteiger partial charge in [-0.05, 0) is 24.6 Å². The Morgan fingerprint density at radius 1 is 1.03 bits per heavy atom. The quantitative estimate of drug-likeness (QED) is 0.502. The standard InChI is InChI=1S/C24H23N3O3S/c1-14-4-6-15(7-5-14)17-12-31-24-22(17)23(25-13-26-24)27-10-16-19(29-2)8-9-20(30-3)21(16)18(28)11-27/h4-9,12-13,18,28H,10-11H2,1-3H3/t18-/m0/s1. The van der Waals surface area contributed by atoms with Gasteiger partial charge in [-0.2, -0.15) is 0 Å². The van der Waals surface area contributed by atoms with Crippen LogP contribution < -0.4 is 14.4 Å². The van der Waals surface area contributed by atoms with Gasteiger partial charge in [0.15, 0.2) is 0 Å². The van der Waals surface area contributed by atoms with Gasteiger partial charge in [0.05, 0.1) is 26.2 Å². The van der Waals surface area contributed by atoms with Crippen molar-refractivity contribution < 1.29 is 14.6 Å². The average molecular weight is 434 g/mol. The molecule has 1 aliphatic rings. The molecule has 4 aromatic rings. The summed E-state index contributed by atoms with van der Waals surface area (Å²) < 4.78 is 11.1. The zero-order valence-electron chi connectivity index (χ0n) is 17.6. The van der Waals surface area contributed by atoms with Crippen LogP contribution in [-0.4, -0.2) is 35.8 Å². The lowest BCUT2D eigenvalue weighted by atomic mass is 9.94. The van der Waals surface area contributed by atoms with Crippen LogP contribution in [0.2, 0.25) is 0 Å². The molecule has 0 bridgehead atoms. The van der Waals surface area contributed by atoms with E-state index in [4.69, 9.17) is 9.47 Å². The second-order valence-electron chi connectivity index (χ2n) is 7.65. The fourth-order valence-corrected chi connectivity index (χ4v) is 5.19. The summed E-state index contributed by atoms with van der Waals surface area (Å²) in [6, 6.07) is 12.2. The summed E-state index contributed by atoms with van der Waals surface area (Å²) in [6.45, 7) is 3.05. The van der Waals surface area contributed by atoms with Gasteiger partial charge in [-0.15, -0.1) is 11.3 Å². The number of benzene rings is 2. The number of β-amino-alcohol motifs (C(OH)–C–C–N with tert-alkyl or cyclic N) is 1. The highest BCUT2D eigenvalue weighted by atomic mass is 32.1. The average Bonchev–Trinajstić information content (AvgIpc) is 3.23. The number of nitrogens with zero attached hydrogens (tertiary/aromatic N) is 3. The van der Waals surface area contributed by atoms with Gasteiger partial charge in [0.25, 0.3) is 0 Å². The van der Waals surface area contributed by atoms with E-state index in [0.29, 0.717) is 18.8 Å². The Morgan fingerprint density at radius 3 is 2.52 bits per heavy atom. The van der Waals surface area contributed by atoms with E-state index >= 15 is 0 Å². The van der Waals surface area contributed by atoms with Crippen molar-refractivity contribution in [3.05, 3.63) is 64.8 Å². The summed E-state index contributed by atoms with van der Waals surface area (Å²) in [5, 5.41) is 14.2. The predicted octanol–water partition coefficient (Wildman–Crippen LogP) is 4.74. The molecule has 3 heterocycles. The molecular weight excluding hydrogens is 410 g/mol. The lowest BCUT2D eigenvalue weighted by molar-refractivity contribution is 0.169. The number of aliphatic hydroxyl groups excluding tert-OH is 1. The number of aryl methyl sites for hydroxylation is 1. The number of aromatic nitrogens is 2. The van der Waals surface area contributed by atoms with Gasteiger partial charge in [0.1, 0.15) is 34.6 Å². The Bertz CT molecular complexity index is 1250. The maximum atomic E-state index is 11.0. The van der Waals surface area contributed by atoms with E-state index in [-0.39, 0.29) is 0 Å². The topological polar surface area (TPSA) is 67.7 Å². The number of hydrogen-bond donors (Lipinski definition) is 1. The van der Waals surface area contributed by atoms with Gasteiger partial charge >= 0.3 is 0 Å². The number of fused-ring (bicyclic) bond motifs is 2. The van der Waals surface area contributed by atoms with E-state index in [0.717, 1.165) is 44.0 Å². The van der Waals surface area contributed by atoms with Gasteiger partial charge < -0.3 is 19.5 Å². The van der Waals surface area contributed by atoms with E-state index in [1.165, 1.54) is 5.56 Å². The number of aliphatic hydroxyl groups is 1. The van der Waals surface area contributed by atoms with Crippen LogP contribution in [0.5, 0.6) is 11.5 Å². The summed E-state index contributed by atoms with van der Waals surface area (Å²) in [6.07, 6.45) is 0.873. The number of thiophene rings is 1. The number of ether oxygens (including phenoxy) is 2. The monoisotopic (exact) mass is 433 g/mol. The number of rotatable bonds is 4. The van der Waals surface area contributed by atoms with Crippen LogP contribution in [0.4, 0.5) is 5.82 Å². The van der Waals surface area contributed by atoms with E-state index in [1.807, 2.05) is 12.1 Å². The molecule has 1 atom stereocenters. The van der Waals surface area contributed by atoms with Gasteiger partial charge in [-0.25, -0.2) is 9.97 Å². The van der Waals surface area contributed by atoms with Crippen molar-refractivity contribution in [1.82, 2.24) is 9.97 Å². The smallest absolute Gasteiger partial charge is 0.141 e. The van der Waals surface area contributed by atoms with Crippen molar-refractivity contribution in [2.24, 2.45) is 0 Å². The molecule has 31 heavy (non-hydrogen) atoms. The summed E-state index contributed by atoms with van der Waals surface area (Å²) in [5.41, 5.74) is 5.15. The first-order chi connectivity index (χ1) is 15.1. The van der Waals surface area contributed by atoms with Crippen LogP contribution in [-0.2, 0) is 6.54 Å². The van der Waals surface area contributed by atoms with Gasteiger partial charge in [-0.1, -0.05) is 29.8 Å². The summed E-state index contributed by atoms with van der Waals surface area (Å²) in [4.78, 5) is 12.2. The molecule has 5 rings (SSSR count). The largest absolute Gasteiger partial charge is 0.496 e. The third kappa shape index (κ3) is 3.30. The number of hydrogen-bond acceptors (Lipinski definition) is 7. The van der Waals surface area contributed by atoms with Crippen molar-refractivity contribution in [3.63, 3.8) is 0 Å². The summed E-state index contributed by atoms with van der Waals surface area (Å²) >= 11 is 1.61. The van der Waals surface area contributed by atoms with E-state index in [9.17, 15) is 5.11 Å². The molecule has 7 heteroatoms. The van der Waals surface area contributed by atoms with Crippen molar-refractivity contribution >= 4 is 27.4 Å². The maximum Gasteiger partial charge on any atom is 0.141 e. The lowest BCUT2D eigenvalue weighted by Crippen LogP contribution is -2.35. The molecule has 2 aromatic heterocycles. The first-order valence-electron chi connectivity index (χ1n) is 10.1. The third-order valence-electron chi connectivity index (χ3n) is 5.80. The minimum Gasteiger partial charge on any atom is -0.496 e. The predicted molar refractivity (Wildman–Crippen MR) is 123 cm³/mol. The van der Waals surface area contributed by atoms with Crippen LogP contribution in [0.25, 0.3) is 21.3 Å². The molecule has 1 aliphatic heterocycles. The highest BCUT2D eigenvalue weighted by Gasteiger charge is 2.31. The zero-order valence-corrected chi connectivity index (χ0v) is 18.4. The number of methoxy groups -OCH3 is 2. The highest BCUT2D eigenvalue weighted by molar-refractivity contribution is 7.17. The molecule has 0 radical (unpaired) electrons. The molecule has 2 aromatic carbocycles. The molecule has 6 nitrogen and oxygen atoms in total.